The minimum absolute atomic E-state index is 0.164. The van der Waals surface area contributed by atoms with Gasteiger partial charge >= 0.3 is 0 Å². The van der Waals surface area contributed by atoms with Crippen LogP contribution in [0.15, 0.2) is 30.5 Å². The van der Waals surface area contributed by atoms with Crippen LogP contribution >= 0.6 is 24.2 Å². The molecule has 0 N–H and O–H groups in total. The molecule has 1 heterocycles. The SMILES string of the molecule is CC(C)(C)C(CS)COc1ccc(Cl)c2cccnc12. The van der Waals surface area contributed by atoms with Gasteiger partial charge in [0.15, 0.2) is 0 Å². The van der Waals surface area contributed by atoms with Gasteiger partial charge in [0.25, 0.3) is 0 Å². The predicted molar refractivity (Wildman–Crippen MR) is 89.0 cm³/mol. The fourth-order valence-corrected chi connectivity index (χ4v) is 2.86. The van der Waals surface area contributed by atoms with E-state index in [9.17, 15) is 0 Å². The standard InChI is InChI=1S/C16H20ClNOS/c1-16(2,3)11(10-20)9-19-14-7-6-13(17)12-5-4-8-18-15(12)14/h4-8,11,20H,9-10H2,1-3H3. The molecule has 2 aromatic rings. The Balaban J connectivity index is 2.25. The largest absolute Gasteiger partial charge is 0.491 e. The zero-order valence-corrected chi connectivity index (χ0v) is 13.7. The Kier molecular flexibility index (Phi) is 4.82. The van der Waals surface area contributed by atoms with E-state index in [-0.39, 0.29) is 5.41 Å². The third-order valence-electron chi connectivity index (χ3n) is 3.56. The van der Waals surface area contributed by atoms with E-state index >= 15 is 0 Å². The van der Waals surface area contributed by atoms with Gasteiger partial charge < -0.3 is 4.74 Å². The molecule has 1 aromatic carbocycles. The van der Waals surface area contributed by atoms with Gasteiger partial charge in [0.05, 0.1) is 11.6 Å². The first-order valence-electron chi connectivity index (χ1n) is 6.70. The maximum absolute atomic E-state index is 6.18. The van der Waals surface area contributed by atoms with Gasteiger partial charge in [0.1, 0.15) is 11.3 Å². The molecule has 0 aliphatic heterocycles. The van der Waals surface area contributed by atoms with Gasteiger partial charge in [0, 0.05) is 17.5 Å². The van der Waals surface area contributed by atoms with Crippen molar-refractivity contribution in [2.24, 2.45) is 11.3 Å². The summed E-state index contributed by atoms with van der Waals surface area (Å²) in [5.74, 6) is 1.95. The first kappa shape index (κ1) is 15.5. The number of hydrogen-bond acceptors (Lipinski definition) is 3. The third kappa shape index (κ3) is 3.39. The van der Waals surface area contributed by atoms with Gasteiger partial charge in [-0.05, 0) is 35.4 Å². The molecule has 0 radical (unpaired) electrons. The average molecular weight is 310 g/mol. The van der Waals surface area contributed by atoms with Gasteiger partial charge in [-0.1, -0.05) is 32.4 Å². The van der Waals surface area contributed by atoms with Crippen LogP contribution in [0.1, 0.15) is 20.8 Å². The molecule has 4 heteroatoms. The molecule has 1 unspecified atom stereocenters. The van der Waals surface area contributed by atoms with E-state index in [1.54, 1.807) is 6.20 Å². The molecule has 0 aliphatic carbocycles. The lowest BCUT2D eigenvalue weighted by Gasteiger charge is -2.29. The number of nitrogens with zero attached hydrogens (tertiary/aromatic N) is 1. The molecule has 2 rings (SSSR count). The normalized spacial score (nSPS) is 13.4. The Morgan fingerprint density at radius 1 is 1.30 bits per heavy atom. The van der Waals surface area contributed by atoms with Crippen molar-refractivity contribution in [1.29, 1.82) is 0 Å². The van der Waals surface area contributed by atoms with Crippen molar-refractivity contribution < 1.29 is 4.74 Å². The van der Waals surface area contributed by atoms with E-state index in [1.807, 2.05) is 24.3 Å². The number of rotatable bonds is 4. The molecular weight excluding hydrogens is 290 g/mol. The lowest BCUT2D eigenvalue weighted by molar-refractivity contribution is 0.166. The summed E-state index contributed by atoms with van der Waals surface area (Å²) in [7, 11) is 0. The van der Waals surface area contributed by atoms with Crippen molar-refractivity contribution in [3.8, 4) is 5.75 Å². The zero-order chi connectivity index (χ0) is 14.8. The Morgan fingerprint density at radius 2 is 2.05 bits per heavy atom. The molecule has 0 fully saturated rings. The summed E-state index contributed by atoms with van der Waals surface area (Å²) in [4.78, 5) is 4.38. The van der Waals surface area contributed by atoms with Crippen LogP contribution in [0.5, 0.6) is 5.75 Å². The maximum Gasteiger partial charge on any atom is 0.145 e. The van der Waals surface area contributed by atoms with Crippen LogP contribution in [0.3, 0.4) is 0 Å². The summed E-state index contributed by atoms with van der Waals surface area (Å²) in [5, 5.41) is 1.62. The molecule has 108 valence electrons. The van der Waals surface area contributed by atoms with E-state index in [2.05, 4.69) is 38.4 Å². The zero-order valence-electron chi connectivity index (χ0n) is 12.1. The first-order chi connectivity index (χ1) is 9.43. The molecule has 20 heavy (non-hydrogen) atoms. The van der Waals surface area contributed by atoms with Gasteiger partial charge in [-0.3, -0.25) is 4.98 Å². The summed E-state index contributed by atoms with van der Waals surface area (Å²) in [6.45, 7) is 7.24. The number of fused-ring (bicyclic) bond motifs is 1. The topological polar surface area (TPSA) is 22.1 Å². The molecule has 0 saturated carbocycles. The second-order valence-corrected chi connectivity index (χ2v) is 6.77. The highest BCUT2D eigenvalue weighted by atomic mass is 35.5. The summed E-state index contributed by atoms with van der Waals surface area (Å²) in [6.07, 6.45) is 1.76. The van der Waals surface area contributed by atoms with Crippen molar-refractivity contribution in [2.75, 3.05) is 12.4 Å². The minimum atomic E-state index is 0.164. The van der Waals surface area contributed by atoms with E-state index in [0.717, 1.165) is 22.4 Å². The highest BCUT2D eigenvalue weighted by molar-refractivity contribution is 7.80. The van der Waals surface area contributed by atoms with Crippen molar-refractivity contribution in [2.45, 2.75) is 20.8 Å². The van der Waals surface area contributed by atoms with Crippen molar-refractivity contribution in [1.82, 2.24) is 4.98 Å². The Bertz CT molecular complexity index is 595. The van der Waals surface area contributed by atoms with Crippen molar-refractivity contribution in [3.05, 3.63) is 35.5 Å². The summed E-state index contributed by atoms with van der Waals surface area (Å²) < 4.78 is 5.98. The molecule has 0 aliphatic rings. The maximum atomic E-state index is 6.18. The molecule has 0 spiro atoms. The van der Waals surface area contributed by atoms with Gasteiger partial charge in [-0.15, -0.1) is 0 Å². The number of aromatic nitrogens is 1. The molecule has 2 nitrogen and oxygen atoms in total. The minimum Gasteiger partial charge on any atom is -0.491 e. The average Bonchev–Trinajstić information content (AvgIpc) is 2.40. The van der Waals surface area contributed by atoms with Crippen LogP contribution < -0.4 is 4.74 Å². The lowest BCUT2D eigenvalue weighted by Crippen LogP contribution is -2.28. The molecule has 0 saturated heterocycles. The summed E-state index contributed by atoms with van der Waals surface area (Å²) in [6, 6.07) is 7.57. The molecule has 1 atom stereocenters. The van der Waals surface area contributed by atoms with Crippen molar-refractivity contribution >= 4 is 35.1 Å². The van der Waals surface area contributed by atoms with Gasteiger partial charge in [-0.25, -0.2) is 0 Å². The first-order valence-corrected chi connectivity index (χ1v) is 7.71. The lowest BCUT2D eigenvalue weighted by atomic mass is 9.82. The summed E-state index contributed by atoms with van der Waals surface area (Å²) in [5.41, 5.74) is 0.976. The molecule has 0 amide bonds. The van der Waals surface area contributed by atoms with Crippen LogP contribution in [0, 0.1) is 11.3 Å². The fraction of sp³-hybridized carbons (Fsp3) is 0.438. The number of benzene rings is 1. The smallest absolute Gasteiger partial charge is 0.145 e. The van der Waals surface area contributed by atoms with Crippen LogP contribution in [-0.4, -0.2) is 17.3 Å². The van der Waals surface area contributed by atoms with E-state index < -0.39 is 0 Å². The molecular formula is C16H20ClNOS. The molecule has 0 bridgehead atoms. The van der Waals surface area contributed by atoms with Crippen molar-refractivity contribution in [3.63, 3.8) is 0 Å². The van der Waals surface area contributed by atoms with Gasteiger partial charge in [0.2, 0.25) is 0 Å². The van der Waals surface area contributed by atoms with E-state index in [0.29, 0.717) is 17.5 Å². The Hall–Kier alpha value is -0.930. The van der Waals surface area contributed by atoms with E-state index in [1.165, 1.54) is 0 Å². The Morgan fingerprint density at radius 3 is 2.70 bits per heavy atom. The van der Waals surface area contributed by atoms with Crippen LogP contribution in [0.25, 0.3) is 10.9 Å². The van der Waals surface area contributed by atoms with Crippen LogP contribution in [0.2, 0.25) is 5.02 Å². The number of pyridine rings is 1. The Labute approximate surface area is 130 Å². The second kappa shape index (κ2) is 6.23. The second-order valence-electron chi connectivity index (χ2n) is 6.00. The fourth-order valence-electron chi connectivity index (χ4n) is 2.00. The van der Waals surface area contributed by atoms with Crippen LogP contribution in [0.4, 0.5) is 0 Å². The summed E-state index contributed by atoms with van der Waals surface area (Å²) >= 11 is 10.6. The van der Waals surface area contributed by atoms with Gasteiger partial charge in [-0.2, -0.15) is 12.6 Å². The monoisotopic (exact) mass is 309 g/mol. The number of hydrogen-bond donors (Lipinski definition) is 1. The third-order valence-corrected chi connectivity index (χ3v) is 4.33. The number of thiol groups is 1. The highest BCUT2D eigenvalue weighted by Crippen LogP contribution is 2.32. The molecule has 1 aromatic heterocycles. The van der Waals surface area contributed by atoms with Crippen LogP contribution in [-0.2, 0) is 0 Å². The van der Waals surface area contributed by atoms with E-state index in [4.69, 9.17) is 16.3 Å². The predicted octanol–water partition coefficient (Wildman–Crippen LogP) is 4.86. The number of halogens is 1. The number of ether oxygens (including phenoxy) is 1. The highest BCUT2D eigenvalue weighted by Gasteiger charge is 2.24. The quantitative estimate of drug-likeness (QED) is 0.815.